The first-order valence-electron chi connectivity index (χ1n) is 4.06. The van der Waals surface area contributed by atoms with Gasteiger partial charge in [0.25, 0.3) is 0 Å². The minimum Gasteiger partial charge on any atom is -0.497 e. The van der Waals surface area contributed by atoms with Crippen molar-refractivity contribution in [1.29, 1.82) is 0 Å². The summed E-state index contributed by atoms with van der Waals surface area (Å²) in [4.78, 5) is 11.3. The number of carbonyl (C=O) groups excluding carboxylic acids is 1. The van der Waals surface area contributed by atoms with Crippen LogP contribution in [0.25, 0.3) is 0 Å². The summed E-state index contributed by atoms with van der Waals surface area (Å²) in [6, 6.07) is 6.64. The fourth-order valence-electron chi connectivity index (χ4n) is 0.934. The fraction of sp³-hybridized carbons (Fsp3) is 0.182. The van der Waals surface area contributed by atoms with Gasteiger partial charge in [-0.15, -0.1) is 0 Å². The van der Waals surface area contributed by atoms with Crippen molar-refractivity contribution in [3.8, 4) is 17.6 Å². The van der Waals surface area contributed by atoms with Gasteiger partial charge in [0.15, 0.2) is 0 Å². The Kier molecular flexibility index (Phi) is 3.71. The van der Waals surface area contributed by atoms with Crippen molar-refractivity contribution in [2.75, 3.05) is 13.7 Å². The molecule has 0 aliphatic rings. The third-order valence-electron chi connectivity index (χ3n) is 1.63. The molecule has 0 aromatic heterocycles. The predicted octanol–water partition coefficient (Wildman–Crippen LogP) is 0.874. The first kappa shape index (κ1) is 10.3. The zero-order valence-corrected chi connectivity index (χ0v) is 7.78. The number of Topliss-reactive ketones (excluding diaryl/α,β-unsaturated/α-hetero) is 1. The van der Waals surface area contributed by atoms with Crippen molar-refractivity contribution >= 4 is 5.78 Å². The lowest BCUT2D eigenvalue weighted by molar-refractivity contribution is 0.105. The van der Waals surface area contributed by atoms with E-state index in [1.807, 2.05) is 0 Å². The Morgan fingerprint density at radius 2 is 2.07 bits per heavy atom. The zero-order chi connectivity index (χ0) is 10.4. The van der Waals surface area contributed by atoms with E-state index in [1.54, 1.807) is 31.4 Å². The van der Waals surface area contributed by atoms with Crippen LogP contribution in [-0.4, -0.2) is 24.6 Å². The number of aliphatic hydroxyl groups excluding tert-OH is 1. The van der Waals surface area contributed by atoms with Crippen LogP contribution in [0.4, 0.5) is 0 Å². The Morgan fingerprint density at radius 3 is 2.57 bits per heavy atom. The third kappa shape index (κ3) is 2.61. The molecule has 1 rings (SSSR count). The van der Waals surface area contributed by atoms with Crippen LogP contribution in [0, 0.1) is 11.8 Å². The fourth-order valence-corrected chi connectivity index (χ4v) is 0.934. The van der Waals surface area contributed by atoms with Gasteiger partial charge in [0.2, 0.25) is 5.78 Å². The van der Waals surface area contributed by atoms with Gasteiger partial charge in [0.1, 0.15) is 12.4 Å². The Balaban J connectivity index is 2.81. The van der Waals surface area contributed by atoms with Gasteiger partial charge in [-0.2, -0.15) is 0 Å². The number of hydrogen-bond acceptors (Lipinski definition) is 3. The van der Waals surface area contributed by atoms with Crippen molar-refractivity contribution < 1.29 is 14.6 Å². The molecule has 0 fully saturated rings. The molecule has 0 atom stereocenters. The standard InChI is InChI=1S/C11H10O3/c1-14-10-6-4-9(5-7-10)11(13)3-2-8-12/h4-7,12H,8H2,1H3. The van der Waals surface area contributed by atoms with Gasteiger partial charge >= 0.3 is 0 Å². The topological polar surface area (TPSA) is 46.5 Å². The van der Waals surface area contributed by atoms with Crippen LogP contribution in [0.2, 0.25) is 0 Å². The zero-order valence-electron chi connectivity index (χ0n) is 7.78. The molecule has 3 nitrogen and oxygen atoms in total. The minimum atomic E-state index is -0.304. The van der Waals surface area contributed by atoms with E-state index in [9.17, 15) is 4.79 Å². The van der Waals surface area contributed by atoms with Gasteiger partial charge in [-0.1, -0.05) is 5.92 Å². The van der Waals surface area contributed by atoms with E-state index in [-0.39, 0.29) is 12.4 Å². The highest BCUT2D eigenvalue weighted by Crippen LogP contribution is 2.11. The van der Waals surface area contributed by atoms with Crippen molar-refractivity contribution in [3.63, 3.8) is 0 Å². The number of methoxy groups -OCH3 is 1. The molecule has 0 aliphatic carbocycles. The van der Waals surface area contributed by atoms with E-state index in [4.69, 9.17) is 9.84 Å². The molecular weight excluding hydrogens is 180 g/mol. The van der Waals surface area contributed by atoms with Crippen molar-refractivity contribution in [1.82, 2.24) is 0 Å². The predicted molar refractivity (Wildman–Crippen MR) is 52.2 cm³/mol. The number of carbonyl (C=O) groups is 1. The quantitative estimate of drug-likeness (QED) is 0.427. The minimum absolute atomic E-state index is 0.304. The van der Waals surface area contributed by atoms with Gasteiger partial charge in [-0.3, -0.25) is 4.79 Å². The van der Waals surface area contributed by atoms with Gasteiger partial charge in [-0.05, 0) is 30.2 Å². The summed E-state index contributed by atoms with van der Waals surface area (Å²) in [6.07, 6.45) is 0. The van der Waals surface area contributed by atoms with E-state index in [2.05, 4.69) is 11.8 Å². The Morgan fingerprint density at radius 1 is 1.43 bits per heavy atom. The molecular formula is C11H10O3. The van der Waals surface area contributed by atoms with E-state index in [0.29, 0.717) is 11.3 Å². The number of benzene rings is 1. The van der Waals surface area contributed by atoms with E-state index < -0.39 is 0 Å². The highest BCUT2D eigenvalue weighted by Gasteiger charge is 2.01. The number of ether oxygens (including phenoxy) is 1. The van der Waals surface area contributed by atoms with Crippen LogP contribution in [-0.2, 0) is 0 Å². The average molecular weight is 190 g/mol. The molecule has 1 N–H and O–H groups in total. The second-order valence-corrected chi connectivity index (χ2v) is 2.52. The summed E-state index contributed by atoms with van der Waals surface area (Å²) in [5, 5.41) is 8.40. The first-order valence-corrected chi connectivity index (χ1v) is 4.06. The van der Waals surface area contributed by atoms with Crippen molar-refractivity contribution in [2.24, 2.45) is 0 Å². The summed E-state index contributed by atoms with van der Waals surface area (Å²) in [7, 11) is 1.56. The molecule has 0 saturated heterocycles. The summed E-state index contributed by atoms with van der Waals surface area (Å²) in [5.41, 5.74) is 0.492. The Labute approximate surface area is 82.3 Å². The maximum Gasteiger partial charge on any atom is 0.235 e. The monoisotopic (exact) mass is 190 g/mol. The lowest BCUT2D eigenvalue weighted by atomic mass is 10.1. The second kappa shape index (κ2) is 5.05. The first-order chi connectivity index (χ1) is 6.77. The average Bonchev–Trinajstić information content (AvgIpc) is 2.26. The van der Waals surface area contributed by atoms with Crippen LogP contribution < -0.4 is 4.74 Å². The highest BCUT2D eigenvalue weighted by molar-refractivity contribution is 6.09. The van der Waals surface area contributed by atoms with Crippen LogP contribution in [0.3, 0.4) is 0 Å². The molecule has 1 aromatic carbocycles. The number of hydrogen-bond donors (Lipinski definition) is 1. The maximum absolute atomic E-state index is 11.3. The SMILES string of the molecule is COc1ccc(C(=O)C#CCO)cc1. The molecule has 0 amide bonds. The smallest absolute Gasteiger partial charge is 0.235 e. The molecule has 14 heavy (non-hydrogen) atoms. The summed E-state index contributed by atoms with van der Waals surface area (Å²) in [5.74, 6) is 4.99. The van der Waals surface area contributed by atoms with Crippen molar-refractivity contribution in [2.45, 2.75) is 0 Å². The normalized spacial score (nSPS) is 8.71. The largest absolute Gasteiger partial charge is 0.497 e. The molecule has 1 aromatic rings. The molecule has 0 bridgehead atoms. The Bertz CT molecular complexity index is 368. The van der Waals surface area contributed by atoms with E-state index in [1.165, 1.54) is 0 Å². The molecule has 0 spiro atoms. The van der Waals surface area contributed by atoms with Crippen LogP contribution in [0.1, 0.15) is 10.4 Å². The summed E-state index contributed by atoms with van der Waals surface area (Å²) < 4.78 is 4.94. The van der Waals surface area contributed by atoms with E-state index >= 15 is 0 Å². The van der Waals surface area contributed by atoms with E-state index in [0.717, 1.165) is 0 Å². The molecule has 72 valence electrons. The molecule has 3 heteroatoms. The number of aliphatic hydroxyl groups is 1. The third-order valence-corrected chi connectivity index (χ3v) is 1.63. The summed E-state index contributed by atoms with van der Waals surface area (Å²) >= 11 is 0. The van der Waals surface area contributed by atoms with Gasteiger partial charge in [0, 0.05) is 5.56 Å². The number of ketones is 1. The van der Waals surface area contributed by atoms with Crippen LogP contribution >= 0.6 is 0 Å². The van der Waals surface area contributed by atoms with Crippen molar-refractivity contribution in [3.05, 3.63) is 29.8 Å². The summed E-state index contributed by atoms with van der Waals surface area (Å²) in [6.45, 7) is -0.304. The van der Waals surface area contributed by atoms with Gasteiger partial charge < -0.3 is 9.84 Å². The lowest BCUT2D eigenvalue weighted by Crippen LogP contribution is -1.95. The maximum atomic E-state index is 11.3. The van der Waals surface area contributed by atoms with Crippen LogP contribution in [0.5, 0.6) is 5.75 Å². The lowest BCUT2D eigenvalue weighted by Gasteiger charge is -1.98. The van der Waals surface area contributed by atoms with Gasteiger partial charge in [0.05, 0.1) is 7.11 Å². The molecule has 0 saturated carbocycles. The Hall–Kier alpha value is -1.79. The molecule has 0 aliphatic heterocycles. The number of rotatable bonds is 2. The molecule has 0 heterocycles. The second-order valence-electron chi connectivity index (χ2n) is 2.52. The van der Waals surface area contributed by atoms with Crippen LogP contribution in [0.15, 0.2) is 24.3 Å². The highest BCUT2D eigenvalue weighted by atomic mass is 16.5. The molecule has 0 unspecified atom stereocenters. The van der Waals surface area contributed by atoms with Gasteiger partial charge in [-0.25, -0.2) is 0 Å². The molecule has 0 radical (unpaired) electrons.